The molecular weight excluding hydrogens is 304 g/mol. The second kappa shape index (κ2) is 4.85. The number of rotatable bonds is 3. The molecule has 21 heavy (non-hydrogen) atoms. The van der Waals surface area contributed by atoms with Crippen LogP contribution in [0.5, 0.6) is 0 Å². The minimum absolute atomic E-state index is 0.0533. The fraction of sp³-hybridized carbons (Fsp3) is 0.333. The van der Waals surface area contributed by atoms with E-state index >= 15 is 0 Å². The van der Waals surface area contributed by atoms with Gasteiger partial charge in [-0.2, -0.15) is 9.29 Å². The van der Waals surface area contributed by atoms with Gasteiger partial charge in [-0.05, 0) is 19.1 Å². The summed E-state index contributed by atoms with van der Waals surface area (Å²) in [5, 5.41) is 3.62. The highest BCUT2D eigenvalue weighted by atomic mass is 32.2. The van der Waals surface area contributed by atoms with E-state index in [0.29, 0.717) is 11.7 Å². The zero-order chi connectivity index (χ0) is 15.2. The molecular formula is C12H11F2N3O3S. The summed E-state index contributed by atoms with van der Waals surface area (Å²) in [5.74, 6) is -1.69. The average Bonchev–Trinajstić information content (AvgIpc) is 2.72. The summed E-state index contributed by atoms with van der Waals surface area (Å²) in [7, 11) is -4.20. The molecule has 0 saturated carbocycles. The molecule has 0 amide bonds. The standard InChI is InChI=1S/C12H11F2N3O3S/c1-7-15-12(20-16-7)8-5-17(6-8)21(18,19)11-9(13)3-2-4-10(11)14/h2-4,8H,5-6H2,1H3. The van der Waals surface area contributed by atoms with Crippen LogP contribution >= 0.6 is 0 Å². The van der Waals surface area contributed by atoms with E-state index in [-0.39, 0.29) is 19.0 Å². The van der Waals surface area contributed by atoms with Crippen LogP contribution in [0.2, 0.25) is 0 Å². The molecule has 1 aromatic carbocycles. The molecule has 0 N–H and O–H groups in total. The molecule has 6 nitrogen and oxygen atoms in total. The number of aryl methyl sites for hydroxylation is 1. The van der Waals surface area contributed by atoms with Gasteiger partial charge in [0.1, 0.15) is 11.6 Å². The number of halogens is 2. The summed E-state index contributed by atoms with van der Waals surface area (Å²) in [6, 6.07) is 2.94. The van der Waals surface area contributed by atoms with Crippen LogP contribution in [0.4, 0.5) is 8.78 Å². The van der Waals surface area contributed by atoms with E-state index in [1.54, 1.807) is 6.92 Å². The summed E-state index contributed by atoms with van der Waals surface area (Å²) in [4.78, 5) is 3.08. The lowest BCUT2D eigenvalue weighted by molar-refractivity contribution is 0.215. The third kappa shape index (κ3) is 2.32. The molecule has 1 fully saturated rings. The zero-order valence-corrected chi connectivity index (χ0v) is 11.8. The minimum Gasteiger partial charge on any atom is -0.339 e. The molecule has 0 aliphatic carbocycles. The van der Waals surface area contributed by atoms with Gasteiger partial charge in [0.2, 0.25) is 15.9 Å². The van der Waals surface area contributed by atoms with E-state index < -0.39 is 26.6 Å². The highest BCUT2D eigenvalue weighted by Crippen LogP contribution is 2.32. The Morgan fingerprint density at radius 3 is 2.43 bits per heavy atom. The van der Waals surface area contributed by atoms with Gasteiger partial charge in [0.25, 0.3) is 0 Å². The molecule has 0 bridgehead atoms. The predicted molar refractivity (Wildman–Crippen MR) is 66.9 cm³/mol. The van der Waals surface area contributed by atoms with Crippen molar-refractivity contribution in [1.29, 1.82) is 0 Å². The third-order valence-corrected chi connectivity index (χ3v) is 5.14. The number of nitrogens with zero attached hydrogens (tertiary/aromatic N) is 3. The molecule has 1 aromatic heterocycles. The second-order valence-corrected chi connectivity index (χ2v) is 6.62. The van der Waals surface area contributed by atoms with Crippen molar-refractivity contribution in [3.8, 4) is 0 Å². The van der Waals surface area contributed by atoms with Crippen molar-refractivity contribution in [2.75, 3.05) is 13.1 Å². The Hall–Kier alpha value is -1.87. The largest absolute Gasteiger partial charge is 0.339 e. The van der Waals surface area contributed by atoms with E-state index in [0.717, 1.165) is 22.5 Å². The highest BCUT2D eigenvalue weighted by Gasteiger charge is 2.42. The Bertz CT molecular complexity index is 765. The molecule has 3 rings (SSSR count). The topological polar surface area (TPSA) is 76.3 Å². The lowest BCUT2D eigenvalue weighted by atomic mass is 10.0. The van der Waals surface area contributed by atoms with Gasteiger partial charge < -0.3 is 4.52 Å². The lowest BCUT2D eigenvalue weighted by Crippen LogP contribution is -2.48. The molecule has 0 atom stereocenters. The van der Waals surface area contributed by atoms with Crippen molar-refractivity contribution in [1.82, 2.24) is 14.4 Å². The molecule has 1 aliphatic heterocycles. The molecule has 1 saturated heterocycles. The van der Waals surface area contributed by atoms with Gasteiger partial charge in [-0.25, -0.2) is 17.2 Å². The Kier molecular flexibility index (Phi) is 3.25. The summed E-state index contributed by atoms with van der Waals surface area (Å²) < 4.78 is 57.6. The minimum atomic E-state index is -4.20. The normalized spacial score (nSPS) is 16.9. The van der Waals surface area contributed by atoms with Crippen LogP contribution in [0.3, 0.4) is 0 Å². The summed E-state index contributed by atoms with van der Waals surface area (Å²) in [6.07, 6.45) is 0. The molecule has 1 aliphatic rings. The van der Waals surface area contributed by atoms with Crippen LogP contribution < -0.4 is 0 Å². The molecule has 9 heteroatoms. The van der Waals surface area contributed by atoms with E-state index in [1.165, 1.54) is 0 Å². The number of aromatic nitrogens is 2. The van der Waals surface area contributed by atoms with Gasteiger partial charge in [0.15, 0.2) is 10.7 Å². The van der Waals surface area contributed by atoms with Crippen LogP contribution in [0.15, 0.2) is 27.6 Å². The Morgan fingerprint density at radius 1 is 1.29 bits per heavy atom. The van der Waals surface area contributed by atoms with E-state index in [1.807, 2.05) is 0 Å². The fourth-order valence-electron chi connectivity index (χ4n) is 2.13. The molecule has 0 spiro atoms. The van der Waals surface area contributed by atoms with Crippen molar-refractivity contribution < 1.29 is 21.7 Å². The average molecular weight is 315 g/mol. The van der Waals surface area contributed by atoms with E-state index in [4.69, 9.17) is 4.52 Å². The smallest absolute Gasteiger partial charge is 0.248 e. The van der Waals surface area contributed by atoms with E-state index in [2.05, 4.69) is 10.1 Å². The van der Waals surface area contributed by atoms with Crippen LogP contribution in [0.1, 0.15) is 17.6 Å². The van der Waals surface area contributed by atoms with Crippen molar-refractivity contribution in [2.24, 2.45) is 0 Å². The van der Waals surface area contributed by atoms with E-state index in [9.17, 15) is 17.2 Å². The van der Waals surface area contributed by atoms with Crippen LogP contribution in [0, 0.1) is 18.6 Å². The van der Waals surface area contributed by atoms with Crippen molar-refractivity contribution >= 4 is 10.0 Å². The number of hydrogen-bond donors (Lipinski definition) is 0. The first-order valence-corrected chi connectivity index (χ1v) is 7.58. The number of sulfonamides is 1. The number of hydrogen-bond acceptors (Lipinski definition) is 5. The first-order chi connectivity index (χ1) is 9.89. The molecule has 0 radical (unpaired) electrons. The number of benzene rings is 1. The van der Waals surface area contributed by atoms with Crippen molar-refractivity contribution in [3.63, 3.8) is 0 Å². The van der Waals surface area contributed by atoms with Crippen molar-refractivity contribution in [3.05, 3.63) is 41.5 Å². The maximum absolute atomic E-state index is 13.6. The van der Waals surface area contributed by atoms with Gasteiger partial charge >= 0.3 is 0 Å². The summed E-state index contributed by atoms with van der Waals surface area (Å²) in [5.41, 5.74) is 0. The van der Waals surface area contributed by atoms with Gasteiger partial charge in [-0.3, -0.25) is 0 Å². The Balaban J connectivity index is 1.83. The van der Waals surface area contributed by atoms with Gasteiger partial charge in [0.05, 0.1) is 5.92 Å². The molecule has 2 aromatic rings. The fourth-order valence-corrected chi connectivity index (χ4v) is 3.77. The quantitative estimate of drug-likeness (QED) is 0.857. The SMILES string of the molecule is Cc1noc(C2CN(S(=O)(=O)c3c(F)cccc3F)C2)n1. The van der Waals surface area contributed by atoms with Gasteiger partial charge in [0, 0.05) is 13.1 Å². The highest BCUT2D eigenvalue weighted by molar-refractivity contribution is 7.89. The first-order valence-electron chi connectivity index (χ1n) is 6.14. The first kappa shape index (κ1) is 14.1. The van der Waals surface area contributed by atoms with Crippen LogP contribution in [0.25, 0.3) is 0 Å². The summed E-state index contributed by atoms with van der Waals surface area (Å²) >= 11 is 0. The summed E-state index contributed by atoms with van der Waals surface area (Å²) in [6.45, 7) is 1.75. The van der Waals surface area contributed by atoms with Gasteiger partial charge in [-0.15, -0.1) is 0 Å². The molecule has 2 heterocycles. The third-order valence-electron chi connectivity index (χ3n) is 3.26. The second-order valence-electron chi connectivity index (χ2n) is 4.75. The van der Waals surface area contributed by atoms with Crippen LogP contribution in [-0.2, 0) is 10.0 Å². The maximum atomic E-state index is 13.6. The Morgan fingerprint density at radius 2 is 1.90 bits per heavy atom. The zero-order valence-electron chi connectivity index (χ0n) is 11.0. The molecule has 112 valence electrons. The van der Waals surface area contributed by atoms with Crippen LogP contribution in [-0.4, -0.2) is 36.0 Å². The van der Waals surface area contributed by atoms with Gasteiger partial charge in [-0.1, -0.05) is 11.2 Å². The maximum Gasteiger partial charge on any atom is 0.248 e. The lowest BCUT2D eigenvalue weighted by Gasteiger charge is -2.35. The van der Waals surface area contributed by atoms with Crippen molar-refractivity contribution in [2.45, 2.75) is 17.7 Å². The predicted octanol–water partition coefficient (Wildman–Crippen LogP) is 1.44. The monoisotopic (exact) mass is 315 g/mol. The molecule has 0 unspecified atom stereocenters. The Labute approximate surface area is 119 Å².